The molecule has 0 bridgehead atoms. The van der Waals surface area contributed by atoms with Gasteiger partial charge in [0.25, 0.3) is 0 Å². The fourth-order valence-electron chi connectivity index (χ4n) is 2.99. The molecule has 1 saturated carbocycles. The molecule has 1 aromatic rings. The predicted octanol–water partition coefficient (Wildman–Crippen LogP) is 4.18. The molecule has 0 saturated heterocycles. The molecule has 0 radical (unpaired) electrons. The minimum atomic E-state index is -0.196. The van der Waals surface area contributed by atoms with Crippen LogP contribution in [0.15, 0.2) is 18.2 Å². The second-order valence-electron chi connectivity index (χ2n) is 5.64. The van der Waals surface area contributed by atoms with Crippen molar-refractivity contribution in [3.63, 3.8) is 0 Å². The van der Waals surface area contributed by atoms with E-state index in [1.165, 1.54) is 31.7 Å². The Bertz CT molecular complexity index is 407. The smallest absolute Gasteiger partial charge is 0.126 e. The van der Waals surface area contributed by atoms with E-state index >= 15 is 0 Å². The van der Waals surface area contributed by atoms with E-state index in [-0.39, 0.29) is 11.9 Å². The van der Waals surface area contributed by atoms with Gasteiger partial charge in [0, 0.05) is 11.1 Å². The molecule has 3 heteroatoms. The van der Waals surface area contributed by atoms with E-state index in [0.717, 1.165) is 5.92 Å². The van der Waals surface area contributed by atoms with Gasteiger partial charge in [-0.25, -0.2) is 4.39 Å². The second kappa shape index (κ2) is 6.03. The second-order valence-corrected chi connectivity index (χ2v) is 6.07. The van der Waals surface area contributed by atoms with Crippen LogP contribution in [-0.2, 0) is 6.42 Å². The minimum Gasteiger partial charge on any atom is -0.327 e. The number of hydrogen-bond donors (Lipinski definition) is 1. The van der Waals surface area contributed by atoms with Crippen LogP contribution in [0.5, 0.6) is 0 Å². The highest BCUT2D eigenvalue weighted by atomic mass is 35.5. The number of halogens is 2. The fourth-order valence-corrected chi connectivity index (χ4v) is 3.18. The van der Waals surface area contributed by atoms with E-state index < -0.39 is 0 Å². The zero-order valence-corrected chi connectivity index (χ0v) is 11.6. The Hall–Kier alpha value is -0.600. The van der Waals surface area contributed by atoms with Crippen LogP contribution in [0.25, 0.3) is 0 Å². The van der Waals surface area contributed by atoms with Gasteiger partial charge in [-0.15, -0.1) is 0 Å². The summed E-state index contributed by atoms with van der Waals surface area (Å²) in [7, 11) is 0. The molecule has 1 fully saturated rings. The lowest BCUT2D eigenvalue weighted by Gasteiger charge is -2.31. The monoisotopic (exact) mass is 269 g/mol. The van der Waals surface area contributed by atoms with Gasteiger partial charge in [-0.05, 0) is 54.9 Å². The van der Waals surface area contributed by atoms with Gasteiger partial charge < -0.3 is 5.73 Å². The van der Waals surface area contributed by atoms with Crippen molar-refractivity contribution in [1.82, 2.24) is 0 Å². The highest BCUT2D eigenvalue weighted by Gasteiger charge is 2.25. The Labute approximate surface area is 114 Å². The molecule has 0 heterocycles. The van der Waals surface area contributed by atoms with Crippen molar-refractivity contribution in [1.29, 1.82) is 0 Å². The maximum Gasteiger partial charge on any atom is 0.126 e. The summed E-state index contributed by atoms with van der Waals surface area (Å²) >= 11 is 5.90. The van der Waals surface area contributed by atoms with E-state index in [2.05, 4.69) is 6.92 Å². The summed E-state index contributed by atoms with van der Waals surface area (Å²) in [6, 6.07) is 4.74. The van der Waals surface area contributed by atoms with Gasteiger partial charge in [-0.2, -0.15) is 0 Å². The molecule has 3 unspecified atom stereocenters. The van der Waals surface area contributed by atoms with Crippen LogP contribution in [0, 0.1) is 17.7 Å². The van der Waals surface area contributed by atoms with Gasteiger partial charge in [0.15, 0.2) is 0 Å². The minimum absolute atomic E-state index is 0.0423. The van der Waals surface area contributed by atoms with Crippen LogP contribution >= 0.6 is 11.6 Å². The van der Waals surface area contributed by atoms with Gasteiger partial charge in [-0.1, -0.05) is 31.4 Å². The molecule has 0 spiro atoms. The molecule has 1 nitrogen and oxygen atoms in total. The van der Waals surface area contributed by atoms with Crippen molar-refractivity contribution in [3.05, 3.63) is 34.6 Å². The number of hydrogen-bond acceptors (Lipinski definition) is 1. The largest absolute Gasteiger partial charge is 0.327 e. The zero-order valence-electron chi connectivity index (χ0n) is 10.8. The molecule has 1 aliphatic rings. The maximum absolute atomic E-state index is 13.7. The van der Waals surface area contributed by atoms with E-state index in [1.54, 1.807) is 12.1 Å². The Balaban J connectivity index is 2.01. The van der Waals surface area contributed by atoms with Crippen LogP contribution < -0.4 is 5.73 Å². The van der Waals surface area contributed by atoms with Gasteiger partial charge in [0.05, 0.1) is 0 Å². The first kappa shape index (κ1) is 13.8. The summed E-state index contributed by atoms with van der Waals surface area (Å²) in [5, 5.41) is 0.579. The van der Waals surface area contributed by atoms with E-state index in [0.29, 0.717) is 22.9 Å². The maximum atomic E-state index is 13.7. The van der Waals surface area contributed by atoms with Gasteiger partial charge in [0.2, 0.25) is 0 Å². The Kier molecular flexibility index (Phi) is 4.63. The van der Waals surface area contributed by atoms with Gasteiger partial charge >= 0.3 is 0 Å². The van der Waals surface area contributed by atoms with Gasteiger partial charge in [-0.3, -0.25) is 0 Å². The van der Waals surface area contributed by atoms with Gasteiger partial charge in [0.1, 0.15) is 5.82 Å². The first-order chi connectivity index (χ1) is 8.56. The van der Waals surface area contributed by atoms with Crippen molar-refractivity contribution >= 4 is 11.6 Å². The summed E-state index contributed by atoms with van der Waals surface area (Å²) < 4.78 is 13.7. The number of nitrogens with two attached hydrogens (primary N) is 1. The lowest BCUT2D eigenvalue weighted by Crippen LogP contribution is -2.35. The third-order valence-corrected chi connectivity index (χ3v) is 4.28. The topological polar surface area (TPSA) is 26.0 Å². The predicted molar refractivity (Wildman–Crippen MR) is 74.2 cm³/mol. The zero-order chi connectivity index (χ0) is 13.1. The van der Waals surface area contributed by atoms with Crippen LogP contribution in [0.4, 0.5) is 4.39 Å². The molecule has 0 amide bonds. The summed E-state index contributed by atoms with van der Waals surface area (Å²) in [5.74, 6) is 1.07. The summed E-state index contributed by atoms with van der Waals surface area (Å²) in [5.41, 5.74) is 6.90. The summed E-state index contributed by atoms with van der Waals surface area (Å²) in [4.78, 5) is 0. The molecular weight excluding hydrogens is 249 g/mol. The van der Waals surface area contributed by atoms with Crippen LogP contribution in [0.1, 0.15) is 38.2 Å². The normalized spacial score (nSPS) is 26.0. The molecule has 2 rings (SSSR count). The first-order valence-corrected chi connectivity index (χ1v) is 7.13. The molecule has 100 valence electrons. The van der Waals surface area contributed by atoms with Crippen molar-refractivity contribution in [2.24, 2.45) is 17.6 Å². The Morgan fingerprint density at radius 3 is 2.94 bits per heavy atom. The molecule has 1 aliphatic carbocycles. The molecule has 0 aromatic heterocycles. The highest BCUT2D eigenvalue weighted by Crippen LogP contribution is 2.31. The Morgan fingerprint density at radius 2 is 2.22 bits per heavy atom. The van der Waals surface area contributed by atoms with E-state index in [1.807, 2.05) is 0 Å². The average molecular weight is 270 g/mol. The van der Waals surface area contributed by atoms with Crippen LogP contribution in [0.3, 0.4) is 0 Å². The SMILES string of the molecule is CC1CCCC(C(N)Cc2cc(Cl)ccc2F)C1. The van der Waals surface area contributed by atoms with Crippen molar-refractivity contribution in [2.45, 2.75) is 45.1 Å². The molecular formula is C15H21ClFN. The van der Waals surface area contributed by atoms with E-state index in [4.69, 9.17) is 17.3 Å². The van der Waals surface area contributed by atoms with Crippen molar-refractivity contribution in [2.75, 3.05) is 0 Å². The molecule has 1 aromatic carbocycles. The average Bonchev–Trinajstić information content (AvgIpc) is 2.34. The third kappa shape index (κ3) is 3.46. The summed E-state index contributed by atoms with van der Waals surface area (Å²) in [6.45, 7) is 2.28. The lowest BCUT2D eigenvalue weighted by molar-refractivity contribution is 0.244. The molecule has 18 heavy (non-hydrogen) atoms. The van der Waals surface area contributed by atoms with E-state index in [9.17, 15) is 4.39 Å². The standard InChI is InChI=1S/C15H21ClFN/c1-10-3-2-4-11(7-10)15(18)9-12-8-13(16)5-6-14(12)17/h5-6,8,10-11,15H,2-4,7,9,18H2,1H3. The third-order valence-electron chi connectivity index (χ3n) is 4.05. The summed E-state index contributed by atoms with van der Waals surface area (Å²) in [6.07, 6.45) is 5.48. The molecule has 3 atom stereocenters. The lowest BCUT2D eigenvalue weighted by atomic mass is 9.77. The van der Waals surface area contributed by atoms with Crippen molar-refractivity contribution in [3.8, 4) is 0 Å². The number of rotatable bonds is 3. The van der Waals surface area contributed by atoms with Crippen LogP contribution in [-0.4, -0.2) is 6.04 Å². The first-order valence-electron chi connectivity index (χ1n) is 6.75. The highest BCUT2D eigenvalue weighted by molar-refractivity contribution is 6.30. The molecule has 2 N–H and O–H groups in total. The Morgan fingerprint density at radius 1 is 1.44 bits per heavy atom. The van der Waals surface area contributed by atoms with Crippen molar-refractivity contribution < 1.29 is 4.39 Å². The number of benzene rings is 1. The quantitative estimate of drug-likeness (QED) is 0.875. The van der Waals surface area contributed by atoms with Crippen LogP contribution in [0.2, 0.25) is 5.02 Å². The fraction of sp³-hybridized carbons (Fsp3) is 0.600. The molecule has 0 aliphatic heterocycles.